The molecule has 0 spiro atoms. The van der Waals surface area contributed by atoms with E-state index in [-0.39, 0.29) is 5.75 Å². The molecule has 0 aliphatic rings. The van der Waals surface area contributed by atoms with Crippen LogP contribution in [0.25, 0.3) is 11.3 Å². The van der Waals surface area contributed by atoms with Crippen molar-refractivity contribution in [2.75, 3.05) is 0 Å². The van der Waals surface area contributed by atoms with Gasteiger partial charge in [0.1, 0.15) is 5.75 Å². The lowest BCUT2D eigenvalue weighted by Gasteiger charge is -2.06. The van der Waals surface area contributed by atoms with Gasteiger partial charge in [0.2, 0.25) is 5.28 Å². The van der Waals surface area contributed by atoms with Gasteiger partial charge in [-0.25, -0.2) is 4.98 Å². The minimum absolute atomic E-state index is 0.243. The quantitative estimate of drug-likeness (QED) is 0.849. The van der Waals surface area contributed by atoms with Crippen LogP contribution in [0.4, 0.5) is 0 Å². The molecule has 0 radical (unpaired) electrons. The molecule has 78 valence electrons. The van der Waals surface area contributed by atoms with E-state index in [0.717, 1.165) is 17.8 Å². The summed E-state index contributed by atoms with van der Waals surface area (Å²) < 4.78 is 1.89. The fourth-order valence-electron chi connectivity index (χ4n) is 1.55. The maximum Gasteiger partial charge on any atom is 0.203 e. The number of rotatable bonds is 2. The van der Waals surface area contributed by atoms with Crippen LogP contribution >= 0.6 is 11.6 Å². The highest BCUT2D eigenvalue weighted by Crippen LogP contribution is 2.25. The van der Waals surface area contributed by atoms with Gasteiger partial charge in [0.15, 0.2) is 0 Å². The van der Waals surface area contributed by atoms with Crippen molar-refractivity contribution in [3.05, 3.63) is 35.7 Å². The van der Waals surface area contributed by atoms with E-state index in [1.54, 1.807) is 24.4 Å². The summed E-state index contributed by atoms with van der Waals surface area (Å²) in [5.74, 6) is 0.243. The van der Waals surface area contributed by atoms with Crippen molar-refractivity contribution >= 4 is 11.6 Å². The number of hydrogen-bond acceptors (Lipinski definition) is 2. The maximum atomic E-state index is 9.38. The van der Waals surface area contributed by atoms with Gasteiger partial charge in [-0.05, 0) is 30.7 Å². The Morgan fingerprint density at radius 3 is 2.93 bits per heavy atom. The van der Waals surface area contributed by atoms with Crippen LogP contribution < -0.4 is 0 Å². The second-order valence-corrected chi connectivity index (χ2v) is 3.55. The van der Waals surface area contributed by atoms with Crippen molar-refractivity contribution in [2.45, 2.75) is 13.5 Å². The molecule has 1 aromatic heterocycles. The first-order chi connectivity index (χ1) is 7.22. The van der Waals surface area contributed by atoms with Gasteiger partial charge in [-0.3, -0.25) is 0 Å². The lowest BCUT2D eigenvalue weighted by Crippen LogP contribution is -1.96. The van der Waals surface area contributed by atoms with E-state index in [2.05, 4.69) is 4.98 Å². The Bertz CT molecular complexity index is 479. The monoisotopic (exact) mass is 222 g/mol. The van der Waals surface area contributed by atoms with Gasteiger partial charge >= 0.3 is 0 Å². The van der Waals surface area contributed by atoms with E-state index in [9.17, 15) is 5.11 Å². The van der Waals surface area contributed by atoms with E-state index in [4.69, 9.17) is 11.6 Å². The zero-order valence-corrected chi connectivity index (χ0v) is 9.07. The van der Waals surface area contributed by atoms with Crippen LogP contribution in [0.15, 0.2) is 30.5 Å². The van der Waals surface area contributed by atoms with Crippen LogP contribution in [-0.4, -0.2) is 14.7 Å². The third-order valence-electron chi connectivity index (χ3n) is 2.27. The molecule has 4 heteroatoms. The van der Waals surface area contributed by atoms with E-state index >= 15 is 0 Å². The predicted octanol–water partition coefficient (Wildman–Crippen LogP) is 2.93. The van der Waals surface area contributed by atoms with E-state index in [1.165, 1.54) is 0 Å². The van der Waals surface area contributed by atoms with Crippen LogP contribution in [0.5, 0.6) is 5.75 Å². The molecule has 0 bridgehead atoms. The van der Waals surface area contributed by atoms with Crippen molar-refractivity contribution < 1.29 is 5.11 Å². The Balaban J connectivity index is 2.54. The Morgan fingerprint density at radius 2 is 2.27 bits per heavy atom. The molecule has 0 amide bonds. The van der Waals surface area contributed by atoms with Crippen molar-refractivity contribution in [1.82, 2.24) is 9.55 Å². The fourth-order valence-corrected chi connectivity index (χ4v) is 1.81. The number of imidazole rings is 1. The fraction of sp³-hybridized carbons (Fsp3) is 0.182. The molecule has 0 unspecified atom stereocenters. The Labute approximate surface area is 93.0 Å². The molecule has 1 N–H and O–H groups in total. The van der Waals surface area contributed by atoms with Crippen LogP contribution in [0.1, 0.15) is 6.92 Å². The van der Waals surface area contributed by atoms with Crippen LogP contribution in [0, 0.1) is 0 Å². The molecule has 1 aromatic carbocycles. The Hall–Kier alpha value is -1.48. The third kappa shape index (κ3) is 1.83. The maximum absolute atomic E-state index is 9.38. The molecule has 15 heavy (non-hydrogen) atoms. The van der Waals surface area contributed by atoms with Crippen molar-refractivity contribution in [3.8, 4) is 17.0 Å². The summed E-state index contributed by atoms with van der Waals surface area (Å²) >= 11 is 5.92. The molecule has 0 fully saturated rings. The Kier molecular flexibility index (Phi) is 2.64. The molecular weight excluding hydrogens is 212 g/mol. The summed E-state index contributed by atoms with van der Waals surface area (Å²) in [6, 6.07) is 7.04. The highest BCUT2D eigenvalue weighted by molar-refractivity contribution is 6.28. The second-order valence-electron chi connectivity index (χ2n) is 3.21. The molecule has 2 aromatic rings. The number of aromatic nitrogens is 2. The predicted molar refractivity (Wildman–Crippen MR) is 60.0 cm³/mol. The van der Waals surface area contributed by atoms with Crippen molar-refractivity contribution in [2.24, 2.45) is 0 Å². The van der Waals surface area contributed by atoms with E-state index in [0.29, 0.717) is 5.28 Å². The van der Waals surface area contributed by atoms with Crippen molar-refractivity contribution in [3.63, 3.8) is 0 Å². The first-order valence-electron chi connectivity index (χ1n) is 4.72. The molecule has 0 aliphatic carbocycles. The number of aromatic hydroxyl groups is 1. The lowest BCUT2D eigenvalue weighted by molar-refractivity contribution is 0.475. The van der Waals surface area contributed by atoms with Gasteiger partial charge in [-0.15, -0.1) is 0 Å². The first kappa shape index (κ1) is 10.1. The van der Waals surface area contributed by atoms with Crippen LogP contribution in [-0.2, 0) is 6.54 Å². The average Bonchev–Trinajstić information content (AvgIpc) is 2.59. The summed E-state index contributed by atoms with van der Waals surface area (Å²) in [6.07, 6.45) is 1.71. The van der Waals surface area contributed by atoms with Crippen molar-refractivity contribution in [1.29, 1.82) is 0 Å². The molecule has 0 saturated heterocycles. The van der Waals surface area contributed by atoms with Gasteiger partial charge < -0.3 is 9.67 Å². The minimum atomic E-state index is 0.243. The summed E-state index contributed by atoms with van der Waals surface area (Å²) in [7, 11) is 0. The number of benzene rings is 1. The molecule has 0 aliphatic heterocycles. The van der Waals surface area contributed by atoms with E-state index in [1.807, 2.05) is 17.6 Å². The number of hydrogen-bond donors (Lipinski definition) is 1. The highest BCUT2D eigenvalue weighted by Gasteiger charge is 2.08. The topological polar surface area (TPSA) is 38.0 Å². The van der Waals surface area contributed by atoms with Gasteiger partial charge in [-0.2, -0.15) is 0 Å². The summed E-state index contributed by atoms with van der Waals surface area (Å²) in [5.41, 5.74) is 1.83. The van der Waals surface area contributed by atoms with Crippen LogP contribution in [0.2, 0.25) is 5.28 Å². The second kappa shape index (κ2) is 3.95. The largest absolute Gasteiger partial charge is 0.508 e. The first-order valence-corrected chi connectivity index (χ1v) is 5.10. The summed E-state index contributed by atoms with van der Waals surface area (Å²) in [4.78, 5) is 4.04. The molecule has 0 saturated carbocycles. The Morgan fingerprint density at radius 1 is 1.47 bits per heavy atom. The molecule has 1 heterocycles. The van der Waals surface area contributed by atoms with Gasteiger partial charge in [0.25, 0.3) is 0 Å². The van der Waals surface area contributed by atoms with Gasteiger partial charge in [0, 0.05) is 12.1 Å². The van der Waals surface area contributed by atoms with E-state index < -0.39 is 0 Å². The number of phenols is 1. The summed E-state index contributed by atoms with van der Waals surface area (Å²) in [6.45, 7) is 2.75. The van der Waals surface area contributed by atoms with Gasteiger partial charge in [0.05, 0.1) is 11.9 Å². The number of halogens is 1. The van der Waals surface area contributed by atoms with Crippen LogP contribution in [0.3, 0.4) is 0 Å². The zero-order valence-electron chi connectivity index (χ0n) is 8.31. The normalized spacial score (nSPS) is 10.5. The number of phenolic OH excluding ortho intramolecular Hbond substituents is 1. The third-order valence-corrected chi connectivity index (χ3v) is 2.57. The lowest BCUT2D eigenvalue weighted by atomic mass is 10.1. The molecule has 3 nitrogen and oxygen atoms in total. The molecule has 0 atom stereocenters. The van der Waals surface area contributed by atoms with Gasteiger partial charge in [-0.1, -0.05) is 12.1 Å². The molecular formula is C11H11ClN2O. The SMILES string of the molecule is CCn1c(-c2cccc(O)c2)cnc1Cl. The number of nitrogens with zero attached hydrogens (tertiary/aromatic N) is 2. The summed E-state index contributed by atoms with van der Waals surface area (Å²) in [5, 5.41) is 9.85. The standard InChI is InChI=1S/C11H11ClN2O/c1-2-14-10(7-13-11(14)12)8-4-3-5-9(15)6-8/h3-7,15H,2H2,1H3. The minimum Gasteiger partial charge on any atom is -0.508 e. The average molecular weight is 223 g/mol. The zero-order chi connectivity index (χ0) is 10.8. The highest BCUT2D eigenvalue weighted by atomic mass is 35.5. The smallest absolute Gasteiger partial charge is 0.203 e. The molecule has 2 rings (SSSR count).